The molecule has 1 aromatic heterocycles. The number of thioether (sulfide) groups is 1. The fourth-order valence-corrected chi connectivity index (χ4v) is 4.89. The molecule has 2 fully saturated rings. The Labute approximate surface area is 114 Å². The Morgan fingerprint density at radius 3 is 2.83 bits per heavy atom. The summed E-state index contributed by atoms with van der Waals surface area (Å²) in [6.45, 7) is 3.28. The minimum atomic E-state index is 0.776. The van der Waals surface area contributed by atoms with Crippen LogP contribution in [0, 0.1) is 18.8 Å². The summed E-state index contributed by atoms with van der Waals surface area (Å²) < 4.78 is 0. The zero-order valence-electron chi connectivity index (χ0n) is 11.1. The fraction of sp³-hybridized carbons (Fsp3) is 0.667. The second-order valence-corrected chi connectivity index (χ2v) is 6.81. The number of hydrogen-bond acceptors (Lipinski definition) is 3. The number of hydrogen-bond donors (Lipinski definition) is 1. The van der Waals surface area contributed by atoms with Crippen LogP contribution in [0.15, 0.2) is 18.5 Å². The van der Waals surface area contributed by atoms with Gasteiger partial charge in [0.2, 0.25) is 0 Å². The van der Waals surface area contributed by atoms with Crippen LogP contribution in [0.4, 0.5) is 0 Å². The third-order valence-corrected chi connectivity index (χ3v) is 5.81. The fourth-order valence-electron chi connectivity index (χ4n) is 3.33. The SMILES string of the molecule is Cc1ccncc1CCNC1C[C@H]2CSC[C@H]2C1. The van der Waals surface area contributed by atoms with Crippen LogP contribution in [0.3, 0.4) is 0 Å². The van der Waals surface area contributed by atoms with Crippen LogP contribution < -0.4 is 5.32 Å². The van der Waals surface area contributed by atoms with Crippen molar-refractivity contribution < 1.29 is 0 Å². The van der Waals surface area contributed by atoms with Crippen LogP contribution in [0.2, 0.25) is 0 Å². The lowest BCUT2D eigenvalue weighted by Crippen LogP contribution is -2.29. The molecule has 1 saturated carbocycles. The quantitative estimate of drug-likeness (QED) is 0.903. The molecule has 0 amide bonds. The van der Waals surface area contributed by atoms with Gasteiger partial charge in [-0.2, -0.15) is 11.8 Å². The third kappa shape index (κ3) is 2.72. The molecule has 2 nitrogen and oxygen atoms in total. The van der Waals surface area contributed by atoms with E-state index in [0.717, 1.165) is 30.8 Å². The Balaban J connectivity index is 1.44. The van der Waals surface area contributed by atoms with Gasteiger partial charge in [-0.1, -0.05) is 0 Å². The summed E-state index contributed by atoms with van der Waals surface area (Å²) in [7, 11) is 0. The van der Waals surface area contributed by atoms with Gasteiger partial charge in [0.15, 0.2) is 0 Å². The molecule has 1 aliphatic heterocycles. The van der Waals surface area contributed by atoms with Crippen molar-refractivity contribution >= 4 is 11.8 Å². The normalized spacial score (nSPS) is 30.6. The smallest absolute Gasteiger partial charge is 0.0302 e. The zero-order valence-corrected chi connectivity index (χ0v) is 11.9. The van der Waals surface area contributed by atoms with Crippen LogP contribution in [-0.2, 0) is 6.42 Å². The second kappa shape index (κ2) is 5.62. The Kier molecular flexibility index (Phi) is 3.90. The van der Waals surface area contributed by atoms with E-state index in [1.165, 1.54) is 35.5 Å². The molecule has 1 aromatic rings. The third-order valence-electron chi connectivity index (χ3n) is 4.48. The largest absolute Gasteiger partial charge is 0.314 e. The number of aryl methyl sites for hydroxylation is 1. The summed E-state index contributed by atoms with van der Waals surface area (Å²) in [4.78, 5) is 4.21. The van der Waals surface area contributed by atoms with Crippen LogP contribution in [0.25, 0.3) is 0 Å². The molecule has 18 heavy (non-hydrogen) atoms. The molecule has 0 radical (unpaired) electrons. The standard InChI is InChI=1S/C15H22N2S/c1-11-2-4-16-8-12(11)3-5-17-15-6-13-9-18-10-14(13)7-15/h2,4,8,13-15,17H,3,5-7,9-10H2,1H3/t13-,14+,15?. The Morgan fingerprint density at radius 2 is 2.11 bits per heavy atom. The van der Waals surface area contributed by atoms with Gasteiger partial charge >= 0.3 is 0 Å². The van der Waals surface area contributed by atoms with E-state index >= 15 is 0 Å². The minimum Gasteiger partial charge on any atom is -0.314 e. The highest BCUT2D eigenvalue weighted by Crippen LogP contribution is 2.41. The van der Waals surface area contributed by atoms with Gasteiger partial charge in [-0.05, 0) is 73.3 Å². The summed E-state index contributed by atoms with van der Waals surface area (Å²) in [5, 5.41) is 3.75. The van der Waals surface area contributed by atoms with E-state index in [0.29, 0.717) is 0 Å². The van der Waals surface area contributed by atoms with E-state index in [9.17, 15) is 0 Å². The molecular weight excluding hydrogens is 240 g/mol. The average Bonchev–Trinajstić information content (AvgIpc) is 2.92. The summed E-state index contributed by atoms with van der Waals surface area (Å²) >= 11 is 2.15. The highest BCUT2D eigenvalue weighted by atomic mass is 32.2. The number of nitrogens with zero attached hydrogens (tertiary/aromatic N) is 1. The monoisotopic (exact) mass is 262 g/mol. The van der Waals surface area contributed by atoms with Crippen LogP contribution in [-0.4, -0.2) is 29.1 Å². The summed E-state index contributed by atoms with van der Waals surface area (Å²) in [6.07, 6.45) is 7.81. The van der Waals surface area contributed by atoms with Gasteiger partial charge in [-0.25, -0.2) is 0 Å². The summed E-state index contributed by atoms with van der Waals surface area (Å²) in [6, 6.07) is 2.88. The topological polar surface area (TPSA) is 24.9 Å². The van der Waals surface area contributed by atoms with E-state index in [1.54, 1.807) is 0 Å². The molecule has 3 heteroatoms. The van der Waals surface area contributed by atoms with E-state index in [2.05, 4.69) is 35.1 Å². The van der Waals surface area contributed by atoms with Gasteiger partial charge in [0.1, 0.15) is 0 Å². The molecule has 98 valence electrons. The number of aromatic nitrogens is 1. The predicted molar refractivity (Wildman–Crippen MR) is 78.0 cm³/mol. The van der Waals surface area contributed by atoms with E-state index in [1.807, 2.05) is 12.4 Å². The van der Waals surface area contributed by atoms with Crippen LogP contribution >= 0.6 is 11.8 Å². The molecule has 2 heterocycles. The number of pyridine rings is 1. The first-order chi connectivity index (χ1) is 8.83. The first-order valence-electron chi connectivity index (χ1n) is 7.03. The molecule has 1 unspecified atom stereocenters. The lowest BCUT2D eigenvalue weighted by molar-refractivity contribution is 0.494. The van der Waals surface area contributed by atoms with Crippen molar-refractivity contribution in [1.29, 1.82) is 0 Å². The maximum Gasteiger partial charge on any atom is 0.0302 e. The first-order valence-corrected chi connectivity index (χ1v) is 8.19. The van der Waals surface area contributed by atoms with Gasteiger partial charge in [-0.15, -0.1) is 0 Å². The van der Waals surface area contributed by atoms with Gasteiger partial charge < -0.3 is 5.32 Å². The van der Waals surface area contributed by atoms with E-state index < -0.39 is 0 Å². The molecule has 0 spiro atoms. The molecule has 1 saturated heterocycles. The molecule has 0 bridgehead atoms. The maximum atomic E-state index is 4.21. The highest BCUT2D eigenvalue weighted by molar-refractivity contribution is 7.99. The molecule has 3 atom stereocenters. The van der Waals surface area contributed by atoms with Crippen LogP contribution in [0.5, 0.6) is 0 Å². The first kappa shape index (κ1) is 12.5. The number of nitrogens with one attached hydrogen (secondary N) is 1. The minimum absolute atomic E-state index is 0.776. The molecule has 0 aromatic carbocycles. The van der Waals surface area contributed by atoms with Crippen molar-refractivity contribution in [3.05, 3.63) is 29.6 Å². The molecule has 1 N–H and O–H groups in total. The van der Waals surface area contributed by atoms with Crippen molar-refractivity contribution in [3.8, 4) is 0 Å². The predicted octanol–water partition coefficient (Wildman–Crippen LogP) is 2.66. The van der Waals surface area contributed by atoms with Crippen molar-refractivity contribution in [1.82, 2.24) is 10.3 Å². The lowest BCUT2D eigenvalue weighted by atomic mass is 10.0. The van der Waals surface area contributed by atoms with Crippen molar-refractivity contribution in [3.63, 3.8) is 0 Å². The maximum absolute atomic E-state index is 4.21. The van der Waals surface area contributed by atoms with Crippen molar-refractivity contribution in [2.24, 2.45) is 11.8 Å². The lowest BCUT2D eigenvalue weighted by Gasteiger charge is -2.14. The van der Waals surface area contributed by atoms with Crippen molar-refractivity contribution in [2.75, 3.05) is 18.1 Å². The van der Waals surface area contributed by atoms with Crippen LogP contribution in [0.1, 0.15) is 24.0 Å². The molecule has 3 rings (SSSR count). The molecule has 2 aliphatic rings. The van der Waals surface area contributed by atoms with Gasteiger partial charge in [0.25, 0.3) is 0 Å². The number of rotatable bonds is 4. The summed E-state index contributed by atoms with van der Waals surface area (Å²) in [5.41, 5.74) is 2.75. The Morgan fingerprint density at radius 1 is 1.33 bits per heavy atom. The van der Waals surface area contributed by atoms with Gasteiger partial charge in [0, 0.05) is 18.4 Å². The summed E-state index contributed by atoms with van der Waals surface area (Å²) in [5.74, 6) is 4.83. The highest BCUT2D eigenvalue weighted by Gasteiger charge is 2.37. The van der Waals surface area contributed by atoms with Gasteiger partial charge in [0.05, 0.1) is 0 Å². The van der Waals surface area contributed by atoms with E-state index in [4.69, 9.17) is 0 Å². The Bertz CT molecular complexity index is 395. The van der Waals surface area contributed by atoms with E-state index in [-0.39, 0.29) is 0 Å². The van der Waals surface area contributed by atoms with Gasteiger partial charge in [-0.3, -0.25) is 4.98 Å². The Hall–Kier alpha value is -0.540. The van der Waals surface area contributed by atoms with Crippen molar-refractivity contribution in [2.45, 2.75) is 32.2 Å². The second-order valence-electron chi connectivity index (χ2n) is 5.73. The average molecular weight is 262 g/mol. The molecular formula is C15H22N2S. The number of fused-ring (bicyclic) bond motifs is 1. The zero-order chi connectivity index (χ0) is 12.4. The molecule has 1 aliphatic carbocycles.